The summed E-state index contributed by atoms with van der Waals surface area (Å²) < 4.78 is 2.24. The second-order valence-corrected chi connectivity index (χ2v) is 5.83. The van der Waals surface area contributed by atoms with Crippen molar-refractivity contribution >= 4 is 11.3 Å². The average Bonchev–Trinajstić information content (AvgIpc) is 2.93. The Kier molecular flexibility index (Phi) is 2.91. The fourth-order valence-corrected chi connectivity index (χ4v) is 3.20. The second-order valence-electron chi connectivity index (χ2n) is 4.98. The van der Waals surface area contributed by atoms with E-state index in [0.29, 0.717) is 12.0 Å². The lowest BCUT2D eigenvalue weighted by Gasteiger charge is -2.27. The molecule has 0 fully saturated rings. The zero-order valence-electron chi connectivity index (χ0n) is 10.8. The summed E-state index contributed by atoms with van der Waals surface area (Å²) in [5.41, 5.74) is 2.91. The average molecular weight is 263 g/mol. The molecule has 1 N–H and O–H groups in total. The fraction of sp³-hybridized carbons (Fsp3) is 0.583. The van der Waals surface area contributed by atoms with E-state index in [4.69, 9.17) is 0 Å². The fourth-order valence-electron chi connectivity index (χ4n) is 2.41. The van der Waals surface area contributed by atoms with Crippen LogP contribution in [0.5, 0.6) is 0 Å². The van der Waals surface area contributed by atoms with Gasteiger partial charge in [-0.15, -0.1) is 21.5 Å². The summed E-state index contributed by atoms with van der Waals surface area (Å²) >= 11 is 1.63. The van der Waals surface area contributed by atoms with Gasteiger partial charge in [0.15, 0.2) is 11.6 Å². The van der Waals surface area contributed by atoms with E-state index >= 15 is 0 Å². The summed E-state index contributed by atoms with van der Waals surface area (Å²) in [7, 11) is 0. The van der Waals surface area contributed by atoms with Crippen molar-refractivity contribution in [3.63, 3.8) is 0 Å². The van der Waals surface area contributed by atoms with Gasteiger partial charge in [0.2, 0.25) is 0 Å². The third kappa shape index (κ3) is 1.76. The van der Waals surface area contributed by atoms with E-state index in [0.717, 1.165) is 35.3 Å². The molecule has 0 saturated heterocycles. The van der Waals surface area contributed by atoms with Gasteiger partial charge < -0.3 is 9.88 Å². The molecule has 0 amide bonds. The molecule has 0 bridgehead atoms. The third-order valence-corrected chi connectivity index (χ3v) is 4.30. The minimum Gasteiger partial charge on any atom is -0.308 e. The molecule has 18 heavy (non-hydrogen) atoms. The van der Waals surface area contributed by atoms with Crippen molar-refractivity contribution in [2.45, 2.75) is 33.4 Å². The third-order valence-electron chi connectivity index (χ3n) is 3.37. The summed E-state index contributed by atoms with van der Waals surface area (Å²) in [4.78, 5) is 5.43. The molecule has 5 nitrogen and oxygen atoms in total. The van der Waals surface area contributed by atoms with Gasteiger partial charge >= 0.3 is 0 Å². The number of aryl methyl sites for hydroxylation is 1. The molecule has 96 valence electrons. The van der Waals surface area contributed by atoms with Crippen LogP contribution in [0.25, 0.3) is 10.7 Å². The molecule has 1 aliphatic heterocycles. The van der Waals surface area contributed by atoms with E-state index in [1.807, 2.05) is 12.4 Å². The number of hydrogen-bond donors (Lipinski definition) is 1. The van der Waals surface area contributed by atoms with Crippen molar-refractivity contribution in [1.29, 1.82) is 0 Å². The minimum absolute atomic E-state index is 0.299. The van der Waals surface area contributed by atoms with Crippen LogP contribution in [0.4, 0.5) is 0 Å². The second kappa shape index (κ2) is 4.44. The molecule has 0 saturated carbocycles. The molecule has 2 aromatic rings. The number of nitrogens with one attached hydrogen (secondary N) is 1. The lowest BCUT2D eigenvalue weighted by Crippen LogP contribution is -2.36. The monoisotopic (exact) mass is 263 g/mol. The highest BCUT2D eigenvalue weighted by molar-refractivity contribution is 7.13. The highest BCUT2D eigenvalue weighted by Crippen LogP contribution is 2.30. The lowest BCUT2D eigenvalue weighted by molar-refractivity contribution is 0.339. The molecule has 6 heteroatoms. The Morgan fingerprint density at radius 3 is 2.94 bits per heavy atom. The molecule has 3 rings (SSSR count). The van der Waals surface area contributed by atoms with Crippen molar-refractivity contribution < 1.29 is 0 Å². The molecule has 0 radical (unpaired) electrons. The number of rotatable bonds is 2. The van der Waals surface area contributed by atoms with E-state index in [9.17, 15) is 0 Å². The van der Waals surface area contributed by atoms with Gasteiger partial charge in [0.25, 0.3) is 0 Å². The van der Waals surface area contributed by atoms with Crippen LogP contribution in [-0.4, -0.2) is 26.3 Å². The van der Waals surface area contributed by atoms with E-state index in [1.165, 1.54) is 0 Å². The molecule has 2 aromatic heterocycles. The largest absolute Gasteiger partial charge is 0.308 e. The van der Waals surface area contributed by atoms with Crippen LogP contribution >= 0.6 is 11.3 Å². The van der Waals surface area contributed by atoms with Crippen molar-refractivity contribution in [3.8, 4) is 10.7 Å². The Balaban J connectivity index is 2.08. The lowest BCUT2D eigenvalue weighted by atomic mass is 10.0. The maximum atomic E-state index is 4.39. The summed E-state index contributed by atoms with van der Waals surface area (Å²) in [5, 5.41) is 12.3. The molecule has 1 aliphatic rings. The minimum atomic E-state index is 0.299. The van der Waals surface area contributed by atoms with Gasteiger partial charge in [-0.25, -0.2) is 4.98 Å². The summed E-state index contributed by atoms with van der Waals surface area (Å²) in [6, 6.07) is 0.299. The van der Waals surface area contributed by atoms with Gasteiger partial charge in [-0.1, -0.05) is 13.8 Å². The first-order valence-electron chi connectivity index (χ1n) is 6.25. The van der Waals surface area contributed by atoms with E-state index in [-0.39, 0.29) is 0 Å². The highest BCUT2D eigenvalue weighted by atomic mass is 32.1. The Labute approximate surface area is 110 Å². The first kappa shape index (κ1) is 11.8. The van der Waals surface area contributed by atoms with Crippen LogP contribution < -0.4 is 5.32 Å². The summed E-state index contributed by atoms with van der Waals surface area (Å²) in [5.74, 6) is 2.54. The summed E-state index contributed by atoms with van der Waals surface area (Å²) in [6.07, 6.45) is 0. The van der Waals surface area contributed by atoms with Gasteiger partial charge in [0.05, 0.1) is 22.1 Å². The van der Waals surface area contributed by atoms with Crippen LogP contribution in [0.3, 0.4) is 0 Å². The number of aromatic nitrogens is 4. The van der Waals surface area contributed by atoms with Gasteiger partial charge in [0, 0.05) is 13.1 Å². The first-order valence-corrected chi connectivity index (χ1v) is 7.13. The standard InChI is InChI=1S/C12H17N5S/c1-7(2)9-11-15-16-12(17(11)5-4-13-9)10-8(3)14-6-18-10/h6-7,9,13H,4-5H2,1-3H3. The maximum absolute atomic E-state index is 4.39. The Morgan fingerprint density at radius 1 is 1.44 bits per heavy atom. The number of thiazole rings is 1. The topological polar surface area (TPSA) is 55.6 Å². The molecule has 1 unspecified atom stereocenters. The van der Waals surface area contributed by atoms with Crippen LogP contribution in [0, 0.1) is 12.8 Å². The van der Waals surface area contributed by atoms with Gasteiger partial charge in [0.1, 0.15) is 0 Å². The van der Waals surface area contributed by atoms with Crippen molar-refractivity contribution in [2.24, 2.45) is 5.92 Å². The SMILES string of the molecule is Cc1ncsc1-c1nnc2n1CCNC2C(C)C. The van der Waals surface area contributed by atoms with Crippen molar-refractivity contribution in [3.05, 3.63) is 17.0 Å². The molecule has 3 heterocycles. The number of nitrogens with zero attached hydrogens (tertiary/aromatic N) is 4. The maximum Gasteiger partial charge on any atom is 0.176 e. The summed E-state index contributed by atoms with van der Waals surface area (Å²) in [6.45, 7) is 8.34. The molecule has 1 atom stereocenters. The van der Waals surface area contributed by atoms with Crippen LogP contribution in [0.2, 0.25) is 0 Å². The van der Waals surface area contributed by atoms with E-state index in [2.05, 4.69) is 38.9 Å². The number of hydrogen-bond acceptors (Lipinski definition) is 5. The van der Waals surface area contributed by atoms with Crippen LogP contribution in [0.1, 0.15) is 31.4 Å². The predicted molar refractivity (Wildman–Crippen MR) is 71.4 cm³/mol. The van der Waals surface area contributed by atoms with Crippen molar-refractivity contribution in [1.82, 2.24) is 25.1 Å². The predicted octanol–water partition coefficient (Wildman–Crippen LogP) is 2.01. The smallest absolute Gasteiger partial charge is 0.176 e. The zero-order chi connectivity index (χ0) is 12.7. The Bertz CT molecular complexity index is 557. The molecule has 0 aromatic carbocycles. The molecule has 0 aliphatic carbocycles. The molecular weight excluding hydrogens is 246 g/mol. The van der Waals surface area contributed by atoms with Gasteiger partial charge in [-0.05, 0) is 12.8 Å². The van der Waals surface area contributed by atoms with E-state index in [1.54, 1.807) is 11.3 Å². The Hall–Kier alpha value is -1.27. The van der Waals surface area contributed by atoms with Crippen molar-refractivity contribution in [2.75, 3.05) is 6.54 Å². The zero-order valence-corrected chi connectivity index (χ0v) is 11.7. The van der Waals surface area contributed by atoms with Gasteiger partial charge in [-0.2, -0.15) is 0 Å². The Morgan fingerprint density at radius 2 is 2.28 bits per heavy atom. The molecule has 0 spiro atoms. The quantitative estimate of drug-likeness (QED) is 0.900. The van der Waals surface area contributed by atoms with E-state index < -0.39 is 0 Å². The van der Waals surface area contributed by atoms with Crippen LogP contribution in [0.15, 0.2) is 5.51 Å². The number of fused-ring (bicyclic) bond motifs is 1. The highest BCUT2D eigenvalue weighted by Gasteiger charge is 2.28. The normalized spacial score (nSPS) is 19.2. The van der Waals surface area contributed by atoms with Crippen LogP contribution in [-0.2, 0) is 6.54 Å². The molecular formula is C12H17N5S. The van der Waals surface area contributed by atoms with Gasteiger partial charge in [-0.3, -0.25) is 0 Å². The first-order chi connectivity index (χ1) is 8.68.